The van der Waals surface area contributed by atoms with E-state index in [1.54, 1.807) is 53.6 Å². The zero-order valence-corrected chi connectivity index (χ0v) is 20.6. The van der Waals surface area contributed by atoms with Gasteiger partial charge in [0, 0.05) is 5.02 Å². The molecule has 4 aromatic rings. The number of rotatable bonds is 8. The summed E-state index contributed by atoms with van der Waals surface area (Å²) in [4.78, 5) is 29.0. The topological polar surface area (TPSA) is 82.1 Å². The van der Waals surface area contributed by atoms with Gasteiger partial charge in [0.25, 0.3) is 5.91 Å². The number of furan rings is 1. The minimum atomic E-state index is -0.731. The minimum absolute atomic E-state index is 0.00993. The van der Waals surface area contributed by atoms with E-state index in [4.69, 9.17) is 29.9 Å². The molecule has 184 valence electrons. The van der Waals surface area contributed by atoms with E-state index in [1.165, 1.54) is 0 Å². The van der Waals surface area contributed by atoms with Crippen LogP contribution in [-0.2, 0) is 6.54 Å². The monoisotopic (exact) mass is 505 g/mol. The molecule has 0 bridgehead atoms. The summed E-state index contributed by atoms with van der Waals surface area (Å²) in [6.45, 7) is 8.24. The lowest BCUT2D eigenvalue weighted by molar-refractivity contribution is 0.0701. The van der Waals surface area contributed by atoms with E-state index in [0.717, 1.165) is 5.56 Å². The van der Waals surface area contributed by atoms with Gasteiger partial charge in [-0.2, -0.15) is 0 Å². The number of aryl methyl sites for hydroxylation is 1. The molecule has 1 atom stereocenters. The minimum Gasteiger partial charge on any atom is -0.490 e. The summed E-state index contributed by atoms with van der Waals surface area (Å²) >= 11 is 6.32. The second kappa shape index (κ2) is 9.59. The zero-order valence-electron chi connectivity index (χ0n) is 19.9. The van der Waals surface area contributed by atoms with Crippen molar-refractivity contribution in [1.82, 2.24) is 4.90 Å². The van der Waals surface area contributed by atoms with Gasteiger partial charge >= 0.3 is 0 Å². The average Bonchev–Trinajstić information content (AvgIpc) is 3.47. The molecule has 2 aromatic carbocycles. The molecule has 0 saturated carbocycles. The summed E-state index contributed by atoms with van der Waals surface area (Å²) in [7, 11) is 0. The van der Waals surface area contributed by atoms with Gasteiger partial charge < -0.3 is 23.2 Å². The number of carbonyl (C=O) groups excluding carboxylic acids is 1. The molecule has 2 aromatic heterocycles. The highest BCUT2D eigenvalue weighted by Crippen LogP contribution is 2.42. The molecule has 1 aliphatic rings. The predicted octanol–water partition coefficient (Wildman–Crippen LogP) is 6.06. The molecular weight excluding hydrogens is 482 g/mol. The van der Waals surface area contributed by atoms with E-state index in [0.29, 0.717) is 52.0 Å². The molecule has 0 fully saturated rings. The van der Waals surface area contributed by atoms with E-state index >= 15 is 0 Å². The van der Waals surface area contributed by atoms with E-state index < -0.39 is 11.9 Å². The van der Waals surface area contributed by atoms with Gasteiger partial charge in [-0.15, -0.1) is 0 Å². The molecular formula is C28H24ClNO6. The second-order valence-corrected chi connectivity index (χ2v) is 8.83. The molecule has 0 spiro atoms. The van der Waals surface area contributed by atoms with Gasteiger partial charge in [0.15, 0.2) is 16.9 Å². The van der Waals surface area contributed by atoms with Gasteiger partial charge in [-0.25, -0.2) is 0 Å². The summed E-state index contributed by atoms with van der Waals surface area (Å²) in [6, 6.07) is 11.4. The van der Waals surface area contributed by atoms with Gasteiger partial charge in [0.2, 0.25) is 5.76 Å². The Morgan fingerprint density at radius 1 is 1.14 bits per heavy atom. The van der Waals surface area contributed by atoms with Crippen LogP contribution < -0.4 is 14.9 Å². The van der Waals surface area contributed by atoms with Crippen molar-refractivity contribution in [1.29, 1.82) is 0 Å². The van der Waals surface area contributed by atoms with Gasteiger partial charge in [-0.05, 0) is 61.4 Å². The van der Waals surface area contributed by atoms with Crippen molar-refractivity contribution in [2.75, 3.05) is 13.2 Å². The summed E-state index contributed by atoms with van der Waals surface area (Å²) < 4.78 is 23.1. The summed E-state index contributed by atoms with van der Waals surface area (Å²) in [5.74, 6) is 1.22. The van der Waals surface area contributed by atoms with Gasteiger partial charge in [0.05, 0.1) is 36.4 Å². The Bertz CT molecular complexity index is 1520. The Morgan fingerprint density at radius 2 is 1.97 bits per heavy atom. The Labute approximate surface area is 212 Å². The first kappa shape index (κ1) is 23.8. The van der Waals surface area contributed by atoms with Crippen LogP contribution >= 0.6 is 11.6 Å². The molecule has 0 saturated heterocycles. The highest BCUT2D eigenvalue weighted by molar-refractivity contribution is 6.32. The Morgan fingerprint density at radius 3 is 2.69 bits per heavy atom. The molecule has 3 heterocycles. The van der Waals surface area contributed by atoms with Crippen LogP contribution in [0.15, 0.2) is 75.0 Å². The number of ether oxygens (including phenoxy) is 2. The number of amides is 1. The normalized spacial score (nSPS) is 14.8. The standard InChI is InChI=1S/C28H24ClNO6/c1-4-10-35-21-9-8-17(13-23(21)33-5-2)25-24-26(31)19-14-20(29)16(3)12-22(19)36-27(24)28(32)30(25)15-18-7-6-11-34-18/h4,6-9,11-14,25H,1,5,10,15H2,2-3H3. The van der Waals surface area contributed by atoms with Crippen LogP contribution in [0, 0.1) is 6.92 Å². The zero-order chi connectivity index (χ0) is 25.4. The van der Waals surface area contributed by atoms with Crippen molar-refractivity contribution < 1.29 is 23.1 Å². The quantitative estimate of drug-likeness (QED) is 0.271. The van der Waals surface area contributed by atoms with Crippen molar-refractivity contribution in [2.24, 2.45) is 0 Å². The molecule has 0 N–H and O–H groups in total. The number of halogens is 1. The van der Waals surface area contributed by atoms with Crippen LogP contribution in [0.25, 0.3) is 11.0 Å². The number of benzene rings is 2. The van der Waals surface area contributed by atoms with Crippen molar-refractivity contribution in [2.45, 2.75) is 26.4 Å². The van der Waals surface area contributed by atoms with Gasteiger partial charge in [-0.3, -0.25) is 9.59 Å². The number of hydrogen-bond acceptors (Lipinski definition) is 6. The van der Waals surface area contributed by atoms with Crippen LogP contribution in [0.1, 0.15) is 46.0 Å². The van der Waals surface area contributed by atoms with Gasteiger partial charge in [-0.1, -0.05) is 30.3 Å². The van der Waals surface area contributed by atoms with Crippen LogP contribution in [-0.4, -0.2) is 24.0 Å². The number of nitrogens with zero attached hydrogens (tertiary/aromatic N) is 1. The predicted molar refractivity (Wildman–Crippen MR) is 136 cm³/mol. The van der Waals surface area contributed by atoms with Gasteiger partial charge in [0.1, 0.15) is 18.0 Å². The molecule has 8 heteroatoms. The van der Waals surface area contributed by atoms with Crippen molar-refractivity contribution in [3.05, 3.63) is 105 Å². The fourth-order valence-corrected chi connectivity index (χ4v) is 4.62. The molecule has 1 aliphatic heterocycles. The highest BCUT2D eigenvalue weighted by Gasteiger charge is 2.43. The van der Waals surface area contributed by atoms with Crippen LogP contribution in [0.5, 0.6) is 11.5 Å². The summed E-state index contributed by atoms with van der Waals surface area (Å²) in [5, 5.41) is 0.767. The summed E-state index contributed by atoms with van der Waals surface area (Å²) in [6.07, 6.45) is 3.18. The fourth-order valence-electron chi connectivity index (χ4n) is 4.45. The number of carbonyl (C=O) groups is 1. The second-order valence-electron chi connectivity index (χ2n) is 8.43. The lowest BCUT2D eigenvalue weighted by atomic mass is 9.97. The summed E-state index contributed by atoms with van der Waals surface area (Å²) in [5.41, 5.74) is 1.68. The Kier molecular flexibility index (Phi) is 6.33. The first-order valence-corrected chi connectivity index (χ1v) is 11.9. The first-order valence-electron chi connectivity index (χ1n) is 11.5. The SMILES string of the molecule is C=CCOc1ccc(C2c3c(oc4cc(C)c(Cl)cc4c3=O)C(=O)N2Cc2ccco2)cc1OCC. The van der Waals surface area contributed by atoms with Crippen LogP contribution in [0.2, 0.25) is 5.02 Å². The third-order valence-electron chi connectivity index (χ3n) is 6.09. The van der Waals surface area contributed by atoms with Crippen LogP contribution in [0.4, 0.5) is 0 Å². The van der Waals surface area contributed by atoms with Crippen LogP contribution in [0.3, 0.4) is 0 Å². The number of hydrogen-bond donors (Lipinski definition) is 0. The van der Waals surface area contributed by atoms with E-state index in [9.17, 15) is 9.59 Å². The molecule has 1 amide bonds. The van der Waals surface area contributed by atoms with E-state index in [-0.39, 0.29) is 23.3 Å². The highest BCUT2D eigenvalue weighted by atomic mass is 35.5. The Balaban J connectivity index is 1.71. The third-order valence-corrected chi connectivity index (χ3v) is 6.50. The molecule has 7 nitrogen and oxygen atoms in total. The lowest BCUT2D eigenvalue weighted by Crippen LogP contribution is -2.29. The molecule has 5 rings (SSSR count). The van der Waals surface area contributed by atoms with E-state index in [1.807, 2.05) is 19.9 Å². The van der Waals surface area contributed by atoms with Crippen molar-refractivity contribution in [3.8, 4) is 11.5 Å². The Hall–Kier alpha value is -3.97. The third kappa shape index (κ3) is 4.05. The molecule has 36 heavy (non-hydrogen) atoms. The largest absolute Gasteiger partial charge is 0.490 e. The molecule has 0 radical (unpaired) electrons. The first-order chi connectivity index (χ1) is 17.4. The molecule has 1 unspecified atom stereocenters. The maximum absolute atomic E-state index is 13.8. The smallest absolute Gasteiger partial charge is 0.291 e. The molecule has 0 aliphatic carbocycles. The maximum Gasteiger partial charge on any atom is 0.291 e. The fraction of sp³-hybridized carbons (Fsp3) is 0.214. The lowest BCUT2D eigenvalue weighted by Gasteiger charge is -2.25. The van der Waals surface area contributed by atoms with E-state index in [2.05, 4.69) is 6.58 Å². The number of fused-ring (bicyclic) bond motifs is 2. The average molecular weight is 506 g/mol. The van der Waals surface area contributed by atoms with Crippen molar-refractivity contribution >= 4 is 28.5 Å². The van der Waals surface area contributed by atoms with Crippen molar-refractivity contribution in [3.63, 3.8) is 0 Å². The maximum atomic E-state index is 13.8.